The van der Waals surface area contributed by atoms with Crippen LogP contribution >= 0.6 is 0 Å². The Hall–Kier alpha value is -2.64. The lowest BCUT2D eigenvalue weighted by molar-refractivity contribution is 0.102. The highest BCUT2D eigenvalue weighted by Crippen LogP contribution is 2.15. The molecule has 0 fully saturated rings. The predicted octanol–water partition coefficient (Wildman–Crippen LogP) is 2.73. The fraction of sp³-hybridized carbons (Fsp3) is 0.118. The molecule has 0 atom stereocenters. The molecule has 0 unspecified atom stereocenters. The normalized spacial score (nSPS) is 9.67. The summed E-state index contributed by atoms with van der Waals surface area (Å²) in [6.45, 7) is 1.68. The van der Waals surface area contributed by atoms with E-state index in [9.17, 15) is 9.18 Å². The minimum atomic E-state index is -0.380. The largest absolute Gasteiger partial charge is 0.384 e. The van der Waals surface area contributed by atoms with Crippen LogP contribution in [-0.2, 0) is 0 Å². The highest BCUT2D eigenvalue weighted by atomic mass is 19.1. The topological polar surface area (TPSA) is 49.3 Å². The Morgan fingerprint density at radius 2 is 1.95 bits per heavy atom. The van der Waals surface area contributed by atoms with Gasteiger partial charge in [-0.25, -0.2) is 4.39 Å². The lowest BCUT2D eigenvalue weighted by atomic mass is 10.1. The van der Waals surface area contributed by atoms with Crippen LogP contribution in [-0.4, -0.2) is 17.6 Å². The Labute approximate surface area is 122 Å². The fourth-order valence-corrected chi connectivity index (χ4v) is 1.82. The second kappa shape index (κ2) is 6.69. The van der Waals surface area contributed by atoms with Crippen LogP contribution < -0.4 is 5.32 Å². The van der Waals surface area contributed by atoms with Crippen LogP contribution in [0.3, 0.4) is 0 Å². The highest BCUT2D eigenvalue weighted by Gasteiger charge is 2.06. The molecule has 0 aliphatic carbocycles. The summed E-state index contributed by atoms with van der Waals surface area (Å²) in [4.78, 5) is 12.0. The number of halogens is 1. The number of nitrogens with one attached hydrogen (secondary N) is 1. The number of rotatable bonds is 2. The van der Waals surface area contributed by atoms with Crippen LogP contribution in [0.15, 0.2) is 42.5 Å². The minimum Gasteiger partial charge on any atom is -0.384 e. The minimum absolute atomic E-state index is 0.192. The molecule has 2 N–H and O–H groups in total. The smallest absolute Gasteiger partial charge is 0.255 e. The van der Waals surface area contributed by atoms with Gasteiger partial charge in [0.25, 0.3) is 5.91 Å². The average Bonchev–Trinajstić information content (AvgIpc) is 2.47. The van der Waals surface area contributed by atoms with Crippen molar-refractivity contribution in [2.24, 2.45) is 0 Å². The second-order valence-corrected chi connectivity index (χ2v) is 4.45. The third kappa shape index (κ3) is 3.91. The van der Waals surface area contributed by atoms with E-state index in [0.717, 1.165) is 11.1 Å². The first-order chi connectivity index (χ1) is 10.1. The number of hydrogen-bond donors (Lipinski definition) is 2. The molecule has 21 heavy (non-hydrogen) atoms. The summed E-state index contributed by atoms with van der Waals surface area (Å²) < 4.78 is 12.8. The van der Waals surface area contributed by atoms with E-state index in [1.165, 1.54) is 24.3 Å². The summed E-state index contributed by atoms with van der Waals surface area (Å²) in [6, 6.07) is 10.6. The number of aliphatic hydroxyl groups excluding tert-OH is 1. The van der Waals surface area contributed by atoms with Crippen molar-refractivity contribution < 1.29 is 14.3 Å². The summed E-state index contributed by atoms with van der Waals surface area (Å²) >= 11 is 0. The monoisotopic (exact) mass is 283 g/mol. The average molecular weight is 283 g/mol. The van der Waals surface area contributed by atoms with Gasteiger partial charge in [0.2, 0.25) is 0 Å². The zero-order chi connectivity index (χ0) is 15.2. The van der Waals surface area contributed by atoms with Crippen molar-refractivity contribution in [2.45, 2.75) is 6.92 Å². The molecule has 2 aromatic rings. The molecule has 4 heteroatoms. The number of carbonyl (C=O) groups excluding carboxylic acids is 1. The molecule has 0 heterocycles. The van der Waals surface area contributed by atoms with Crippen molar-refractivity contribution in [1.82, 2.24) is 0 Å². The van der Waals surface area contributed by atoms with Gasteiger partial charge in [-0.15, -0.1) is 0 Å². The van der Waals surface area contributed by atoms with Gasteiger partial charge in [-0.3, -0.25) is 4.79 Å². The van der Waals surface area contributed by atoms with Crippen molar-refractivity contribution >= 4 is 11.6 Å². The Bertz CT molecular complexity index is 712. The van der Waals surface area contributed by atoms with Gasteiger partial charge in [0, 0.05) is 16.8 Å². The number of benzene rings is 2. The van der Waals surface area contributed by atoms with E-state index in [4.69, 9.17) is 5.11 Å². The van der Waals surface area contributed by atoms with Gasteiger partial charge in [-0.1, -0.05) is 11.8 Å². The van der Waals surface area contributed by atoms with Gasteiger partial charge in [0.1, 0.15) is 12.4 Å². The standard InChI is InChI=1S/C17H14FNO2/c1-12-11-16(9-6-13(12)3-2-10-20)19-17(21)14-4-7-15(18)8-5-14/h4-9,11,20H,10H2,1H3,(H,19,21). The molecule has 0 radical (unpaired) electrons. The van der Waals surface area contributed by atoms with Gasteiger partial charge in [-0.05, 0) is 55.0 Å². The summed E-state index contributed by atoms with van der Waals surface area (Å²) in [5.41, 5.74) is 2.71. The molecule has 3 nitrogen and oxygen atoms in total. The second-order valence-electron chi connectivity index (χ2n) is 4.45. The Morgan fingerprint density at radius 1 is 1.24 bits per heavy atom. The van der Waals surface area contributed by atoms with Gasteiger partial charge in [-0.2, -0.15) is 0 Å². The van der Waals surface area contributed by atoms with E-state index in [-0.39, 0.29) is 18.3 Å². The molecule has 0 saturated heterocycles. The number of hydrogen-bond acceptors (Lipinski definition) is 2. The molecule has 2 aromatic carbocycles. The van der Waals surface area contributed by atoms with E-state index < -0.39 is 0 Å². The van der Waals surface area contributed by atoms with Crippen LogP contribution in [0.5, 0.6) is 0 Å². The Kier molecular flexibility index (Phi) is 4.70. The molecule has 0 aliphatic heterocycles. The summed E-state index contributed by atoms with van der Waals surface area (Å²) in [5.74, 6) is 4.72. The van der Waals surface area contributed by atoms with Gasteiger partial charge in [0.15, 0.2) is 0 Å². The van der Waals surface area contributed by atoms with Crippen LogP contribution in [0, 0.1) is 24.6 Å². The van der Waals surface area contributed by atoms with Gasteiger partial charge >= 0.3 is 0 Å². The maximum Gasteiger partial charge on any atom is 0.255 e. The van der Waals surface area contributed by atoms with Crippen molar-refractivity contribution in [3.05, 3.63) is 65.0 Å². The van der Waals surface area contributed by atoms with Crippen LogP contribution in [0.2, 0.25) is 0 Å². The van der Waals surface area contributed by atoms with E-state index in [1.807, 2.05) is 6.92 Å². The zero-order valence-electron chi connectivity index (χ0n) is 11.5. The first-order valence-electron chi connectivity index (χ1n) is 6.37. The van der Waals surface area contributed by atoms with Crippen molar-refractivity contribution in [3.63, 3.8) is 0 Å². The van der Waals surface area contributed by atoms with Crippen molar-refractivity contribution in [1.29, 1.82) is 0 Å². The SMILES string of the molecule is Cc1cc(NC(=O)c2ccc(F)cc2)ccc1C#CCO. The first kappa shape index (κ1) is 14.8. The van der Waals surface area contributed by atoms with Crippen LogP contribution in [0.4, 0.5) is 10.1 Å². The summed E-state index contributed by atoms with van der Waals surface area (Å²) in [7, 11) is 0. The maximum absolute atomic E-state index is 12.8. The lowest BCUT2D eigenvalue weighted by Gasteiger charge is -2.07. The molecule has 106 valence electrons. The van der Waals surface area contributed by atoms with Crippen molar-refractivity contribution in [2.75, 3.05) is 11.9 Å². The summed E-state index contributed by atoms with van der Waals surface area (Å²) in [6.07, 6.45) is 0. The van der Waals surface area contributed by atoms with Gasteiger partial charge in [0.05, 0.1) is 0 Å². The number of anilines is 1. The molecule has 1 amide bonds. The molecule has 0 spiro atoms. The van der Waals surface area contributed by atoms with Crippen LogP contribution in [0.1, 0.15) is 21.5 Å². The zero-order valence-corrected chi connectivity index (χ0v) is 11.5. The first-order valence-corrected chi connectivity index (χ1v) is 6.37. The number of aryl methyl sites for hydroxylation is 1. The predicted molar refractivity (Wildman–Crippen MR) is 79.5 cm³/mol. The number of amides is 1. The molecule has 0 aromatic heterocycles. The Balaban J connectivity index is 2.14. The molecular formula is C17H14FNO2. The summed E-state index contributed by atoms with van der Waals surface area (Å²) in [5, 5.41) is 11.4. The van der Waals surface area contributed by atoms with Crippen LogP contribution in [0.25, 0.3) is 0 Å². The third-order valence-corrected chi connectivity index (χ3v) is 2.89. The van der Waals surface area contributed by atoms with E-state index in [2.05, 4.69) is 17.2 Å². The van der Waals surface area contributed by atoms with E-state index >= 15 is 0 Å². The van der Waals surface area contributed by atoms with E-state index in [1.54, 1.807) is 18.2 Å². The van der Waals surface area contributed by atoms with Gasteiger partial charge < -0.3 is 10.4 Å². The highest BCUT2D eigenvalue weighted by molar-refractivity contribution is 6.04. The molecule has 0 aliphatic rings. The maximum atomic E-state index is 12.8. The molecule has 0 saturated carbocycles. The Morgan fingerprint density at radius 3 is 2.57 bits per heavy atom. The third-order valence-electron chi connectivity index (χ3n) is 2.89. The van der Waals surface area contributed by atoms with E-state index in [0.29, 0.717) is 11.3 Å². The fourth-order valence-electron chi connectivity index (χ4n) is 1.82. The lowest BCUT2D eigenvalue weighted by Crippen LogP contribution is -2.12. The quantitative estimate of drug-likeness (QED) is 0.833. The molecular weight excluding hydrogens is 269 g/mol. The molecule has 0 bridgehead atoms. The molecule has 2 rings (SSSR count). The van der Waals surface area contributed by atoms with Crippen molar-refractivity contribution in [3.8, 4) is 11.8 Å². The number of aliphatic hydroxyl groups is 1. The number of carbonyl (C=O) groups is 1.